The van der Waals surface area contributed by atoms with E-state index in [0.29, 0.717) is 12.8 Å². The molecule has 2 aliphatic carbocycles. The monoisotopic (exact) mass is 694 g/mol. The molecule has 262 valence electrons. The highest BCUT2D eigenvalue weighted by molar-refractivity contribution is 5.78. The van der Waals surface area contributed by atoms with E-state index < -0.39 is 0 Å². The molecule has 0 bridgehead atoms. The Hall–Kier alpha value is -6.20. The van der Waals surface area contributed by atoms with Crippen molar-refractivity contribution in [1.82, 2.24) is 0 Å². The van der Waals surface area contributed by atoms with Crippen molar-refractivity contribution in [3.8, 4) is 11.8 Å². The minimum atomic E-state index is -0.286. The summed E-state index contributed by atoms with van der Waals surface area (Å²) in [5, 5.41) is 0. The summed E-state index contributed by atoms with van der Waals surface area (Å²) in [6, 6.07) is 30.5. The molecule has 0 amide bonds. The maximum atomic E-state index is 12.5. The molecular formula is C44H38O8. The molecule has 0 aromatic heterocycles. The number of benzene rings is 4. The first-order chi connectivity index (χ1) is 25.2. The van der Waals surface area contributed by atoms with Crippen LogP contribution in [-0.4, -0.2) is 50.3 Å². The van der Waals surface area contributed by atoms with Crippen LogP contribution >= 0.6 is 0 Å². The number of ether oxygens (including phenoxy) is 4. The van der Waals surface area contributed by atoms with Gasteiger partial charge in [0.25, 0.3) is 0 Å². The van der Waals surface area contributed by atoms with Gasteiger partial charge in [0.15, 0.2) is 0 Å². The molecule has 2 aliphatic rings. The quantitative estimate of drug-likeness (QED) is 0.0954. The van der Waals surface area contributed by atoms with Gasteiger partial charge in [-0.1, -0.05) is 84.6 Å². The van der Waals surface area contributed by atoms with Crippen LogP contribution in [0.1, 0.15) is 57.3 Å². The normalized spacial score (nSPS) is 15.7. The van der Waals surface area contributed by atoms with E-state index in [1.54, 1.807) is 0 Å². The average Bonchev–Trinajstić information content (AvgIpc) is 3.12. The van der Waals surface area contributed by atoms with Crippen LogP contribution in [0.15, 0.2) is 109 Å². The van der Waals surface area contributed by atoms with Crippen molar-refractivity contribution >= 4 is 35.0 Å². The zero-order valence-electron chi connectivity index (χ0n) is 29.1. The molecule has 8 nitrogen and oxygen atoms in total. The molecule has 4 aromatic rings. The Morgan fingerprint density at radius 3 is 1.08 bits per heavy atom. The summed E-state index contributed by atoms with van der Waals surface area (Å²) < 4.78 is 20.7. The highest BCUT2D eigenvalue weighted by Crippen LogP contribution is 2.33. The van der Waals surface area contributed by atoms with Crippen LogP contribution in [0.25, 0.3) is 11.1 Å². The molecule has 2 atom stereocenters. The molecule has 0 heterocycles. The fourth-order valence-corrected chi connectivity index (χ4v) is 5.86. The second-order valence-electron chi connectivity index (χ2n) is 12.7. The van der Waals surface area contributed by atoms with E-state index in [4.69, 9.17) is 18.9 Å². The number of hydrogen-bond acceptors (Lipinski definition) is 8. The Kier molecular flexibility index (Phi) is 11.4. The van der Waals surface area contributed by atoms with Gasteiger partial charge in [0.05, 0.1) is 39.9 Å². The summed E-state index contributed by atoms with van der Waals surface area (Å²) >= 11 is 0. The highest BCUT2D eigenvalue weighted by Gasteiger charge is 2.25. The first kappa shape index (κ1) is 35.6. The fourth-order valence-electron chi connectivity index (χ4n) is 5.86. The molecule has 0 saturated heterocycles. The van der Waals surface area contributed by atoms with Crippen LogP contribution in [0.5, 0.6) is 0 Å². The van der Waals surface area contributed by atoms with E-state index >= 15 is 0 Å². The molecule has 0 spiro atoms. The van der Waals surface area contributed by atoms with Crippen LogP contribution in [0.3, 0.4) is 0 Å². The fraction of sp³-hybridized carbons (Fsp3) is 0.227. The van der Waals surface area contributed by atoms with Gasteiger partial charge < -0.3 is 18.9 Å². The first-order valence-corrected chi connectivity index (χ1v) is 17.1. The lowest BCUT2D eigenvalue weighted by atomic mass is 9.89. The summed E-state index contributed by atoms with van der Waals surface area (Å²) in [5.41, 5.74) is 9.41. The summed E-state index contributed by atoms with van der Waals surface area (Å²) in [5.74, 6) is 5.17. The van der Waals surface area contributed by atoms with Gasteiger partial charge in [-0.2, -0.15) is 0 Å². The highest BCUT2D eigenvalue weighted by atomic mass is 16.5. The zero-order chi connectivity index (χ0) is 36.5. The third-order valence-corrected chi connectivity index (χ3v) is 8.94. The van der Waals surface area contributed by atoms with Crippen molar-refractivity contribution < 1.29 is 38.1 Å². The maximum Gasteiger partial charge on any atom is 0.310 e. The van der Waals surface area contributed by atoms with Crippen LogP contribution in [0, 0.1) is 11.8 Å². The van der Waals surface area contributed by atoms with Crippen molar-refractivity contribution in [2.75, 3.05) is 14.2 Å². The topological polar surface area (TPSA) is 105 Å². The minimum Gasteiger partial charge on any atom is -0.469 e. The molecule has 0 fully saturated rings. The Balaban J connectivity index is 0.910. The molecule has 4 aromatic carbocycles. The van der Waals surface area contributed by atoms with E-state index in [9.17, 15) is 19.2 Å². The van der Waals surface area contributed by atoms with Crippen molar-refractivity contribution in [3.05, 3.63) is 154 Å². The van der Waals surface area contributed by atoms with E-state index in [1.807, 2.05) is 109 Å². The third kappa shape index (κ3) is 9.73. The molecule has 52 heavy (non-hydrogen) atoms. The zero-order valence-corrected chi connectivity index (χ0v) is 29.1. The predicted molar refractivity (Wildman–Crippen MR) is 196 cm³/mol. The van der Waals surface area contributed by atoms with Crippen molar-refractivity contribution in [1.29, 1.82) is 0 Å². The number of esters is 4. The lowest BCUT2D eigenvalue weighted by Crippen LogP contribution is -2.24. The molecule has 6 rings (SSSR count). The molecular weight excluding hydrogens is 656 g/mol. The smallest absolute Gasteiger partial charge is 0.310 e. The lowest BCUT2D eigenvalue weighted by Gasteiger charge is -2.26. The van der Waals surface area contributed by atoms with Gasteiger partial charge in [-0.05, 0) is 80.9 Å². The van der Waals surface area contributed by atoms with Gasteiger partial charge in [-0.15, -0.1) is 0 Å². The van der Waals surface area contributed by atoms with Gasteiger partial charge in [0, 0.05) is 24.0 Å². The summed E-state index contributed by atoms with van der Waals surface area (Å²) in [7, 11) is 2.75. The lowest BCUT2D eigenvalue weighted by molar-refractivity contribution is -0.147. The maximum absolute atomic E-state index is 12.5. The average molecular weight is 695 g/mol. The Labute approximate surface area is 303 Å². The van der Waals surface area contributed by atoms with E-state index in [0.717, 1.165) is 55.7 Å². The number of rotatable bonds is 12. The van der Waals surface area contributed by atoms with Gasteiger partial charge in [-0.3, -0.25) is 19.2 Å². The predicted octanol–water partition coefficient (Wildman–Crippen LogP) is 6.40. The largest absolute Gasteiger partial charge is 0.469 e. The number of carbonyl (C=O) groups is 4. The minimum absolute atomic E-state index is 0.172. The van der Waals surface area contributed by atoms with Crippen LogP contribution in [0.4, 0.5) is 0 Å². The molecule has 2 unspecified atom stereocenters. The molecule has 8 heteroatoms. The number of methoxy groups -OCH3 is 2. The summed E-state index contributed by atoms with van der Waals surface area (Å²) in [6.45, 7) is 0. The number of hydrogen-bond donors (Lipinski definition) is 0. The van der Waals surface area contributed by atoms with E-state index in [-0.39, 0.29) is 61.8 Å². The van der Waals surface area contributed by atoms with E-state index in [1.165, 1.54) is 14.2 Å². The molecule has 0 N–H and O–H groups in total. The van der Waals surface area contributed by atoms with Crippen molar-refractivity contribution in [3.63, 3.8) is 0 Å². The van der Waals surface area contributed by atoms with Crippen LogP contribution in [0.2, 0.25) is 0 Å². The van der Waals surface area contributed by atoms with Gasteiger partial charge in [0.2, 0.25) is 0 Å². The van der Waals surface area contributed by atoms with Crippen LogP contribution in [-0.2, 0) is 63.8 Å². The van der Waals surface area contributed by atoms with Crippen molar-refractivity contribution in [2.24, 2.45) is 0 Å². The third-order valence-electron chi connectivity index (χ3n) is 8.94. The Morgan fingerprint density at radius 2 is 0.769 bits per heavy atom. The van der Waals surface area contributed by atoms with Gasteiger partial charge >= 0.3 is 23.9 Å². The molecule has 0 radical (unpaired) electrons. The first-order valence-electron chi connectivity index (χ1n) is 17.1. The Bertz CT molecular complexity index is 1910. The van der Waals surface area contributed by atoms with Crippen LogP contribution < -0.4 is 0 Å². The SMILES string of the molecule is COC(=O)Cc1ccc(C2=CC(OC(=O)Cc3ccc(C#Cc4ccc(CC(=O)OC5C=C(c6ccc(CC(=O)OC)cc6)C5)cc4)cc3)C2)cc1. The second kappa shape index (κ2) is 16.7. The van der Waals surface area contributed by atoms with E-state index in [2.05, 4.69) is 11.8 Å². The molecule has 0 aliphatic heterocycles. The second-order valence-corrected chi connectivity index (χ2v) is 12.7. The number of carbonyl (C=O) groups excluding carboxylic acids is 4. The summed E-state index contributed by atoms with van der Waals surface area (Å²) in [6.07, 6.45) is 5.53. The van der Waals surface area contributed by atoms with Gasteiger partial charge in [0.1, 0.15) is 12.2 Å². The summed E-state index contributed by atoms with van der Waals surface area (Å²) in [4.78, 5) is 48.0. The standard InChI is InChI=1S/C44H38O8/c1-49-41(45)21-33-13-17-35(18-14-33)37-25-39(26-37)51-43(47)23-31-9-5-29(6-10-31)3-4-30-7-11-32(12-8-30)24-44(48)52-40-27-38(28-40)36-19-15-34(16-20-36)22-42(46)50-2/h5-20,25,27,39-40H,21-24,26,28H2,1-2H3. The van der Waals surface area contributed by atoms with Crippen molar-refractivity contribution in [2.45, 2.75) is 50.7 Å². The Morgan fingerprint density at radius 1 is 0.481 bits per heavy atom. The van der Waals surface area contributed by atoms with Gasteiger partial charge in [-0.25, -0.2) is 0 Å². The molecule has 0 saturated carbocycles.